The van der Waals surface area contributed by atoms with Crippen LogP contribution in [-0.2, 0) is 11.8 Å². The third-order valence-corrected chi connectivity index (χ3v) is 5.31. The van der Waals surface area contributed by atoms with Crippen LogP contribution >= 0.6 is 11.3 Å². The van der Waals surface area contributed by atoms with Gasteiger partial charge >= 0.3 is 5.97 Å². The van der Waals surface area contributed by atoms with Crippen LogP contribution in [0.3, 0.4) is 0 Å². The molecule has 3 aromatic rings. The summed E-state index contributed by atoms with van der Waals surface area (Å²) in [4.78, 5) is 39.7. The molecule has 26 heavy (non-hydrogen) atoms. The third kappa shape index (κ3) is 2.90. The lowest BCUT2D eigenvalue weighted by Gasteiger charge is -2.19. The largest absolute Gasteiger partial charge is 0.425 e. The molecule has 2 heterocycles. The van der Waals surface area contributed by atoms with Crippen molar-refractivity contribution in [2.75, 3.05) is 11.9 Å². The molecule has 0 saturated carbocycles. The van der Waals surface area contributed by atoms with E-state index in [1.165, 1.54) is 27.7 Å². The number of hydrogen-bond donors (Lipinski definition) is 0. The molecule has 0 spiro atoms. The highest BCUT2D eigenvalue weighted by molar-refractivity contribution is 7.17. The number of fused-ring (bicyclic) bond motifs is 1. The van der Waals surface area contributed by atoms with E-state index in [-0.39, 0.29) is 11.3 Å². The van der Waals surface area contributed by atoms with Crippen LogP contribution in [0.2, 0.25) is 0 Å². The van der Waals surface area contributed by atoms with Crippen molar-refractivity contribution < 1.29 is 14.3 Å². The van der Waals surface area contributed by atoms with Crippen molar-refractivity contribution in [2.24, 2.45) is 7.05 Å². The molecule has 0 bridgehead atoms. The number of nitrogens with zero attached hydrogens (tertiary/aromatic N) is 2. The zero-order valence-electron chi connectivity index (χ0n) is 14.9. The summed E-state index contributed by atoms with van der Waals surface area (Å²) in [5.74, 6) is -1.08. The van der Waals surface area contributed by atoms with Gasteiger partial charge < -0.3 is 14.2 Å². The molecule has 0 radical (unpaired) electrons. The monoisotopic (exact) mass is 370 g/mol. The summed E-state index contributed by atoms with van der Waals surface area (Å²) < 4.78 is 6.77. The lowest BCUT2D eigenvalue weighted by atomic mass is 10.1. The van der Waals surface area contributed by atoms with Crippen molar-refractivity contribution in [3.8, 4) is 5.75 Å². The lowest BCUT2D eigenvalue weighted by Crippen LogP contribution is -2.34. The van der Waals surface area contributed by atoms with Crippen LogP contribution in [0, 0.1) is 6.92 Å². The first-order chi connectivity index (χ1) is 12.3. The first-order valence-electron chi connectivity index (χ1n) is 7.95. The third-order valence-electron chi connectivity index (χ3n) is 4.14. The van der Waals surface area contributed by atoms with Gasteiger partial charge in [-0.1, -0.05) is 18.2 Å². The molecule has 1 aromatic carbocycles. The van der Waals surface area contributed by atoms with E-state index in [9.17, 15) is 14.4 Å². The van der Waals surface area contributed by atoms with E-state index in [1.807, 2.05) is 18.4 Å². The number of aryl methyl sites for hydroxylation is 2. The molecule has 0 fully saturated rings. The molecule has 0 unspecified atom stereocenters. The molecule has 0 aliphatic heterocycles. The minimum atomic E-state index is -0.582. The number of pyridine rings is 1. The number of anilines is 1. The zero-order valence-corrected chi connectivity index (χ0v) is 15.7. The van der Waals surface area contributed by atoms with Crippen LogP contribution in [0.15, 0.2) is 40.5 Å². The second kappa shape index (κ2) is 6.76. The van der Waals surface area contributed by atoms with E-state index in [0.29, 0.717) is 15.9 Å². The Balaban J connectivity index is 2.29. The molecule has 0 saturated heterocycles. The smallest absolute Gasteiger partial charge is 0.308 e. The van der Waals surface area contributed by atoms with Crippen LogP contribution in [0.25, 0.3) is 10.2 Å². The van der Waals surface area contributed by atoms with Crippen LogP contribution in [0.1, 0.15) is 22.8 Å². The van der Waals surface area contributed by atoms with Crippen molar-refractivity contribution in [3.63, 3.8) is 0 Å². The molecule has 0 N–H and O–H groups in total. The van der Waals surface area contributed by atoms with Gasteiger partial charge in [-0.2, -0.15) is 0 Å². The number of ether oxygens (including phenoxy) is 1. The topological polar surface area (TPSA) is 68.6 Å². The molecule has 3 rings (SSSR count). The molecule has 0 aliphatic rings. The van der Waals surface area contributed by atoms with Crippen molar-refractivity contribution in [2.45, 2.75) is 13.8 Å². The molecule has 1 amide bonds. The fourth-order valence-electron chi connectivity index (χ4n) is 2.81. The van der Waals surface area contributed by atoms with Gasteiger partial charge in [0.25, 0.3) is 11.5 Å². The van der Waals surface area contributed by atoms with E-state index in [2.05, 4.69) is 0 Å². The van der Waals surface area contributed by atoms with Gasteiger partial charge in [-0.3, -0.25) is 14.4 Å². The normalized spacial score (nSPS) is 10.8. The summed E-state index contributed by atoms with van der Waals surface area (Å²) in [5, 5.41) is 2.48. The molecule has 0 atom stereocenters. The summed E-state index contributed by atoms with van der Waals surface area (Å²) in [5.41, 5.74) is 0.829. The number of hydrogen-bond acceptors (Lipinski definition) is 5. The van der Waals surface area contributed by atoms with Crippen LogP contribution in [-0.4, -0.2) is 23.5 Å². The van der Waals surface area contributed by atoms with Gasteiger partial charge in [0.15, 0.2) is 5.75 Å². The number of carbonyl (C=O) groups is 2. The van der Waals surface area contributed by atoms with Gasteiger partial charge in [0.2, 0.25) is 0 Å². The van der Waals surface area contributed by atoms with Crippen LogP contribution in [0.4, 0.5) is 5.69 Å². The summed E-state index contributed by atoms with van der Waals surface area (Å²) in [6, 6.07) is 8.98. The lowest BCUT2D eigenvalue weighted by molar-refractivity contribution is -0.131. The van der Waals surface area contributed by atoms with Gasteiger partial charge in [0, 0.05) is 26.7 Å². The standard InChI is InChI=1S/C19H18N2O4S/c1-11-10-26-19-14(11)16(25-12(2)22)15(18(24)21(19)4)17(23)20(3)13-8-6-5-7-9-13/h5-10H,1-4H3. The average Bonchev–Trinajstić information content (AvgIpc) is 3.01. The van der Waals surface area contributed by atoms with Gasteiger partial charge in [-0.25, -0.2) is 0 Å². The van der Waals surface area contributed by atoms with E-state index in [1.54, 1.807) is 38.4 Å². The van der Waals surface area contributed by atoms with Crippen molar-refractivity contribution in [3.05, 3.63) is 57.2 Å². The van der Waals surface area contributed by atoms with E-state index >= 15 is 0 Å². The van der Waals surface area contributed by atoms with E-state index in [4.69, 9.17) is 4.74 Å². The van der Waals surface area contributed by atoms with Crippen molar-refractivity contribution in [1.29, 1.82) is 0 Å². The minimum absolute atomic E-state index is 0.0298. The average molecular weight is 370 g/mol. The fraction of sp³-hybridized carbons (Fsp3) is 0.211. The maximum Gasteiger partial charge on any atom is 0.308 e. The Bertz CT molecular complexity index is 1070. The number of benzene rings is 1. The maximum atomic E-state index is 13.1. The Kier molecular flexibility index (Phi) is 4.65. The zero-order chi connectivity index (χ0) is 19.0. The maximum absolute atomic E-state index is 13.1. The van der Waals surface area contributed by atoms with Gasteiger partial charge in [-0.15, -0.1) is 11.3 Å². The summed E-state index contributed by atoms with van der Waals surface area (Å²) >= 11 is 1.37. The Morgan fingerprint density at radius 1 is 1.19 bits per heavy atom. The number of para-hydroxylation sites is 1. The molecule has 6 nitrogen and oxygen atoms in total. The molecular weight excluding hydrogens is 352 g/mol. The summed E-state index contributed by atoms with van der Waals surface area (Å²) in [6.07, 6.45) is 0. The highest BCUT2D eigenvalue weighted by Gasteiger charge is 2.28. The van der Waals surface area contributed by atoms with E-state index in [0.717, 1.165) is 5.56 Å². The second-order valence-corrected chi connectivity index (χ2v) is 6.82. The molecule has 0 aliphatic carbocycles. The summed E-state index contributed by atoms with van der Waals surface area (Å²) in [7, 11) is 3.19. The first-order valence-corrected chi connectivity index (χ1v) is 8.83. The number of esters is 1. The highest BCUT2D eigenvalue weighted by Crippen LogP contribution is 2.35. The Morgan fingerprint density at radius 2 is 1.85 bits per heavy atom. The minimum Gasteiger partial charge on any atom is -0.425 e. The number of amides is 1. The predicted octanol–water partition coefficient (Wildman–Crippen LogP) is 3.11. The Hall–Kier alpha value is -2.93. The number of rotatable bonds is 3. The predicted molar refractivity (Wildman–Crippen MR) is 102 cm³/mol. The first kappa shape index (κ1) is 17.9. The molecule has 2 aromatic heterocycles. The van der Waals surface area contributed by atoms with Crippen molar-refractivity contribution in [1.82, 2.24) is 4.57 Å². The molecular formula is C19H18N2O4S. The highest BCUT2D eigenvalue weighted by atomic mass is 32.1. The summed E-state index contributed by atoms with van der Waals surface area (Å²) in [6.45, 7) is 3.10. The number of aromatic nitrogens is 1. The fourth-order valence-corrected chi connectivity index (χ4v) is 3.83. The Morgan fingerprint density at radius 3 is 2.46 bits per heavy atom. The van der Waals surface area contributed by atoms with Crippen LogP contribution in [0.5, 0.6) is 5.75 Å². The van der Waals surface area contributed by atoms with Crippen LogP contribution < -0.4 is 15.2 Å². The number of carbonyl (C=O) groups excluding carboxylic acids is 2. The second-order valence-electron chi connectivity index (χ2n) is 5.96. The Labute approximate surface area is 154 Å². The quantitative estimate of drug-likeness (QED) is 0.665. The SMILES string of the molecule is CC(=O)Oc1c(C(=O)N(C)c2ccccc2)c(=O)n(C)c2scc(C)c12. The van der Waals surface area contributed by atoms with Crippen molar-refractivity contribution >= 4 is 39.1 Å². The van der Waals surface area contributed by atoms with Gasteiger partial charge in [-0.05, 0) is 30.0 Å². The molecule has 7 heteroatoms. The molecule has 134 valence electrons. The number of thiophene rings is 1. The van der Waals surface area contributed by atoms with E-state index < -0.39 is 17.4 Å². The van der Waals surface area contributed by atoms with Gasteiger partial charge in [0.05, 0.1) is 5.39 Å². The van der Waals surface area contributed by atoms with Gasteiger partial charge in [0.1, 0.15) is 10.4 Å².